The highest BCUT2D eigenvalue weighted by Crippen LogP contribution is 2.30. The number of rotatable bonds is 6. The van der Waals surface area contributed by atoms with Crippen molar-refractivity contribution >= 4 is 22.2 Å². The van der Waals surface area contributed by atoms with E-state index in [0.717, 1.165) is 17.1 Å². The second-order valence-electron chi connectivity index (χ2n) is 5.88. The van der Waals surface area contributed by atoms with Crippen LogP contribution in [-0.2, 0) is 0 Å². The van der Waals surface area contributed by atoms with Crippen LogP contribution in [0.1, 0.15) is 29.4 Å². The van der Waals surface area contributed by atoms with Crippen molar-refractivity contribution in [2.24, 2.45) is 0 Å². The highest BCUT2D eigenvalue weighted by molar-refractivity contribution is 7.17. The first kappa shape index (κ1) is 18.2. The van der Waals surface area contributed by atoms with Crippen LogP contribution >= 0.6 is 11.3 Å². The van der Waals surface area contributed by atoms with Crippen molar-refractivity contribution < 1.29 is 19.2 Å². The Morgan fingerprint density at radius 2 is 1.92 bits per heavy atom. The van der Waals surface area contributed by atoms with E-state index in [4.69, 9.17) is 9.47 Å². The molecule has 0 N–H and O–H groups in total. The molecule has 1 saturated heterocycles. The maximum atomic E-state index is 12.5. The average molecular weight is 376 g/mol. The number of para-hydroxylation sites is 2. The fourth-order valence-corrected chi connectivity index (χ4v) is 3.66. The van der Waals surface area contributed by atoms with Crippen LogP contribution in [0, 0.1) is 10.1 Å². The molecule has 0 atom stereocenters. The third-order valence-electron chi connectivity index (χ3n) is 4.15. The lowest BCUT2D eigenvalue weighted by Gasteiger charge is -2.32. The van der Waals surface area contributed by atoms with Crippen molar-refractivity contribution in [1.29, 1.82) is 0 Å². The van der Waals surface area contributed by atoms with E-state index in [9.17, 15) is 14.9 Å². The second-order valence-corrected chi connectivity index (χ2v) is 6.95. The summed E-state index contributed by atoms with van der Waals surface area (Å²) < 4.78 is 11.6. The summed E-state index contributed by atoms with van der Waals surface area (Å²) >= 11 is 0.916. The molecule has 1 aromatic heterocycles. The van der Waals surface area contributed by atoms with Gasteiger partial charge in [0.2, 0.25) is 0 Å². The monoisotopic (exact) mass is 376 g/mol. The van der Waals surface area contributed by atoms with Gasteiger partial charge in [-0.05, 0) is 25.1 Å². The third kappa shape index (κ3) is 4.13. The summed E-state index contributed by atoms with van der Waals surface area (Å²) in [7, 11) is 0. The van der Waals surface area contributed by atoms with Gasteiger partial charge in [-0.3, -0.25) is 14.9 Å². The molecule has 1 fully saturated rings. The van der Waals surface area contributed by atoms with Crippen molar-refractivity contribution in [2.45, 2.75) is 25.9 Å². The molecule has 138 valence electrons. The number of nitrogens with zero attached hydrogens (tertiary/aromatic N) is 2. The standard InChI is InChI=1S/C18H20N2O5S/c1-2-24-14-5-3-4-6-15(14)25-13-9-11-19(12-10-13)18(21)16-7-8-17(26-16)20(22)23/h3-8,13H,2,9-12H2,1H3. The van der Waals surface area contributed by atoms with Gasteiger partial charge in [-0.2, -0.15) is 0 Å². The molecule has 0 spiro atoms. The van der Waals surface area contributed by atoms with Gasteiger partial charge in [0.05, 0.1) is 16.4 Å². The number of hydrogen-bond acceptors (Lipinski definition) is 6. The molecular formula is C18H20N2O5S. The van der Waals surface area contributed by atoms with E-state index in [-0.39, 0.29) is 17.0 Å². The molecule has 1 aliphatic rings. The molecule has 1 aliphatic heterocycles. The van der Waals surface area contributed by atoms with E-state index < -0.39 is 4.92 Å². The van der Waals surface area contributed by atoms with Crippen LogP contribution in [0.15, 0.2) is 36.4 Å². The molecule has 2 aromatic rings. The number of nitro groups is 1. The van der Waals surface area contributed by atoms with E-state index in [2.05, 4.69) is 0 Å². The Kier molecular flexibility index (Phi) is 5.72. The lowest BCUT2D eigenvalue weighted by molar-refractivity contribution is -0.380. The molecule has 1 aromatic carbocycles. The number of ether oxygens (including phenoxy) is 2. The van der Waals surface area contributed by atoms with Crippen LogP contribution < -0.4 is 9.47 Å². The predicted molar refractivity (Wildman–Crippen MR) is 98.1 cm³/mol. The van der Waals surface area contributed by atoms with Gasteiger partial charge in [0.15, 0.2) is 11.5 Å². The minimum atomic E-state index is -0.475. The predicted octanol–water partition coefficient (Wildman–Crippen LogP) is 3.74. The highest BCUT2D eigenvalue weighted by atomic mass is 32.1. The molecule has 1 amide bonds. The van der Waals surface area contributed by atoms with Crippen LogP contribution in [0.4, 0.5) is 5.00 Å². The number of likely N-dealkylation sites (tertiary alicyclic amines) is 1. The topological polar surface area (TPSA) is 81.9 Å². The summed E-state index contributed by atoms with van der Waals surface area (Å²) in [5.41, 5.74) is 0. The van der Waals surface area contributed by atoms with E-state index in [0.29, 0.717) is 43.2 Å². The van der Waals surface area contributed by atoms with Crippen LogP contribution in [0.5, 0.6) is 11.5 Å². The molecular weight excluding hydrogens is 356 g/mol. The lowest BCUT2D eigenvalue weighted by Crippen LogP contribution is -2.41. The Labute approximate surface area is 155 Å². The highest BCUT2D eigenvalue weighted by Gasteiger charge is 2.27. The van der Waals surface area contributed by atoms with Crippen molar-refractivity contribution in [3.8, 4) is 11.5 Å². The maximum Gasteiger partial charge on any atom is 0.324 e. The summed E-state index contributed by atoms with van der Waals surface area (Å²) in [6.45, 7) is 3.62. The first-order valence-electron chi connectivity index (χ1n) is 8.50. The lowest BCUT2D eigenvalue weighted by atomic mass is 10.1. The van der Waals surface area contributed by atoms with Crippen LogP contribution in [0.3, 0.4) is 0 Å². The van der Waals surface area contributed by atoms with E-state index in [1.165, 1.54) is 12.1 Å². The normalized spacial score (nSPS) is 14.9. The zero-order valence-corrected chi connectivity index (χ0v) is 15.2. The fourth-order valence-electron chi connectivity index (χ4n) is 2.88. The van der Waals surface area contributed by atoms with Gasteiger partial charge in [0.1, 0.15) is 6.10 Å². The largest absolute Gasteiger partial charge is 0.490 e. The van der Waals surface area contributed by atoms with Crippen LogP contribution in [-0.4, -0.2) is 41.5 Å². The van der Waals surface area contributed by atoms with Crippen molar-refractivity contribution in [3.63, 3.8) is 0 Å². The Hall–Kier alpha value is -2.61. The molecule has 0 aliphatic carbocycles. The molecule has 8 heteroatoms. The van der Waals surface area contributed by atoms with Crippen molar-refractivity contribution in [2.75, 3.05) is 19.7 Å². The number of thiophene rings is 1. The van der Waals surface area contributed by atoms with Gasteiger partial charge in [-0.15, -0.1) is 0 Å². The number of piperidine rings is 1. The number of hydrogen-bond donors (Lipinski definition) is 0. The van der Waals surface area contributed by atoms with E-state index >= 15 is 0 Å². The zero-order chi connectivity index (χ0) is 18.5. The second kappa shape index (κ2) is 8.18. The van der Waals surface area contributed by atoms with Crippen molar-refractivity contribution in [3.05, 3.63) is 51.4 Å². The SMILES string of the molecule is CCOc1ccccc1OC1CCN(C(=O)c2ccc([N+](=O)[O-])s2)CC1. The first-order chi connectivity index (χ1) is 12.6. The van der Waals surface area contributed by atoms with Crippen molar-refractivity contribution in [1.82, 2.24) is 4.90 Å². The molecule has 3 rings (SSSR count). The summed E-state index contributed by atoms with van der Waals surface area (Å²) in [6, 6.07) is 10.5. The minimum absolute atomic E-state index is 0.0123. The molecule has 7 nitrogen and oxygen atoms in total. The molecule has 0 radical (unpaired) electrons. The van der Waals surface area contributed by atoms with Gasteiger partial charge in [0, 0.05) is 32.0 Å². The Morgan fingerprint density at radius 3 is 2.54 bits per heavy atom. The van der Waals surface area contributed by atoms with Gasteiger partial charge in [-0.25, -0.2) is 0 Å². The minimum Gasteiger partial charge on any atom is -0.490 e. The maximum absolute atomic E-state index is 12.5. The smallest absolute Gasteiger partial charge is 0.324 e. The molecule has 2 heterocycles. The summed E-state index contributed by atoms with van der Waals surface area (Å²) in [4.78, 5) is 24.9. The molecule has 0 saturated carbocycles. The Morgan fingerprint density at radius 1 is 1.23 bits per heavy atom. The number of carbonyl (C=O) groups is 1. The van der Waals surface area contributed by atoms with Crippen LogP contribution in [0.25, 0.3) is 0 Å². The van der Waals surface area contributed by atoms with E-state index in [1.807, 2.05) is 31.2 Å². The first-order valence-corrected chi connectivity index (χ1v) is 9.32. The fraction of sp³-hybridized carbons (Fsp3) is 0.389. The number of benzene rings is 1. The molecule has 0 unspecified atom stereocenters. The number of amides is 1. The zero-order valence-electron chi connectivity index (χ0n) is 14.4. The number of carbonyl (C=O) groups excluding carboxylic acids is 1. The van der Waals surface area contributed by atoms with Gasteiger partial charge in [0.25, 0.3) is 5.91 Å². The van der Waals surface area contributed by atoms with Gasteiger partial charge in [-0.1, -0.05) is 23.5 Å². The summed E-state index contributed by atoms with van der Waals surface area (Å²) in [5, 5.41) is 10.8. The molecule has 26 heavy (non-hydrogen) atoms. The Bertz CT molecular complexity index is 783. The van der Waals surface area contributed by atoms with Gasteiger partial charge >= 0.3 is 5.00 Å². The van der Waals surface area contributed by atoms with Gasteiger partial charge < -0.3 is 14.4 Å². The molecule has 0 bridgehead atoms. The van der Waals surface area contributed by atoms with Crippen LogP contribution in [0.2, 0.25) is 0 Å². The third-order valence-corrected chi connectivity index (χ3v) is 5.18. The summed E-state index contributed by atoms with van der Waals surface area (Å²) in [6.07, 6.45) is 1.43. The van der Waals surface area contributed by atoms with E-state index in [1.54, 1.807) is 4.90 Å². The quantitative estimate of drug-likeness (QED) is 0.567. The summed E-state index contributed by atoms with van der Waals surface area (Å²) in [5.74, 6) is 1.28. The Balaban J connectivity index is 1.57. The average Bonchev–Trinajstić information content (AvgIpc) is 3.14.